The number of amidine groups is 1. The van der Waals surface area contributed by atoms with Crippen molar-refractivity contribution in [2.45, 2.75) is 25.3 Å². The van der Waals surface area contributed by atoms with Crippen LogP contribution in [0.4, 0.5) is 10.1 Å². The Morgan fingerprint density at radius 2 is 2.00 bits per heavy atom. The first kappa shape index (κ1) is 13.4. The van der Waals surface area contributed by atoms with E-state index in [9.17, 15) is 4.39 Å². The molecule has 0 spiro atoms. The minimum absolute atomic E-state index is 0.0909. The quantitative estimate of drug-likeness (QED) is 0.653. The highest BCUT2D eigenvalue weighted by Gasteiger charge is 2.30. The van der Waals surface area contributed by atoms with E-state index in [-0.39, 0.29) is 11.7 Å². The van der Waals surface area contributed by atoms with Crippen LogP contribution in [0.25, 0.3) is 0 Å². The Bertz CT molecular complexity index is 511. The Balaban J connectivity index is 1.72. The van der Waals surface area contributed by atoms with E-state index in [4.69, 9.17) is 11.1 Å². The Kier molecular flexibility index (Phi) is 3.61. The second-order valence-electron chi connectivity index (χ2n) is 5.71. The van der Waals surface area contributed by atoms with Gasteiger partial charge in [-0.1, -0.05) is 0 Å². The Labute approximate surface area is 118 Å². The zero-order chi connectivity index (χ0) is 14.1. The van der Waals surface area contributed by atoms with Gasteiger partial charge in [-0.2, -0.15) is 0 Å². The number of nitrogens with zero attached hydrogens (tertiary/aromatic N) is 2. The minimum atomic E-state index is -0.278. The number of anilines is 1. The van der Waals surface area contributed by atoms with Gasteiger partial charge >= 0.3 is 0 Å². The zero-order valence-corrected chi connectivity index (χ0v) is 11.6. The Hall–Kier alpha value is -1.62. The molecule has 108 valence electrons. The first-order valence-corrected chi connectivity index (χ1v) is 7.28. The summed E-state index contributed by atoms with van der Waals surface area (Å²) >= 11 is 0. The predicted molar refractivity (Wildman–Crippen MR) is 78.8 cm³/mol. The van der Waals surface area contributed by atoms with Gasteiger partial charge in [-0.05, 0) is 50.6 Å². The summed E-state index contributed by atoms with van der Waals surface area (Å²) in [6.07, 6.45) is 3.68. The standard InChI is InChI=1S/C15H21FN4/c16-13-9-11(15(17)18)3-4-14(13)20-8-5-12(10-20)19-6-1-2-7-19/h3-4,9,12H,1-2,5-8,10H2,(H3,17,18). The van der Waals surface area contributed by atoms with Crippen LogP contribution in [0.15, 0.2) is 18.2 Å². The molecule has 0 saturated carbocycles. The molecule has 1 aromatic carbocycles. The molecule has 1 unspecified atom stereocenters. The molecule has 2 fully saturated rings. The molecule has 0 aliphatic carbocycles. The van der Waals surface area contributed by atoms with Crippen molar-refractivity contribution in [2.24, 2.45) is 5.73 Å². The van der Waals surface area contributed by atoms with E-state index in [0.717, 1.165) is 19.5 Å². The number of hydrogen-bond acceptors (Lipinski definition) is 3. The lowest BCUT2D eigenvalue weighted by Gasteiger charge is -2.24. The van der Waals surface area contributed by atoms with Gasteiger partial charge in [-0.3, -0.25) is 10.3 Å². The fraction of sp³-hybridized carbons (Fsp3) is 0.533. The van der Waals surface area contributed by atoms with Gasteiger partial charge in [-0.15, -0.1) is 0 Å². The number of rotatable bonds is 3. The average molecular weight is 276 g/mol. The number of halogens is 1. The van der Waals surface area contributed by atoms with Crippen LogP contribution in [-0.2, 0) is 0 Å². The van der Waals surface area contributed by atoms with Crippen LogP contribution in [0.2, 0.25) is 0 Å². The van der Waals surface area contributed by atoms with Gasteiger partial charge < -0.3 is 10.6 Å². The molecule has 0 amide bonds. The molecule has 2 saturated heterocycles. The van der Waals surface area contributed by atoms with Crippen molar-refractivity contribution in [1.29, 1.82) is 5.41 Å². The van der Waals surface area contributed by atoms with Gasteiger partial charge in [0.2, 0.25) is 0 Å². The summed E-state index contributed by atoms with van der Waals surface area (Å²) in [6.45, 7) is 4.17. The van der Waals surface area contributed by atoms with E-state index in [1.165, 1.54) is 32.0 Å². The Morgan fingerprint density at radius 1 is 1.25 bits per heavy atom. The second kappa shape index (κ2) is 5.40. The van der Waals surface area contributed by atoms with Crippen molar-refractivity contribution < 1.29 is 4.39 Å². The largest absolute Gasteiger partial charge is 0.384 e. The molecule has 5 heteroatoms. The van der Waals surface area contributed by atoms with Crippen molar-refractivity contribution in [3.8, 4) is 0 Å². The molecule has 2 aliphatic rings. The highest BCUT2D eigenvalue weighted by atomic mass is 19.1. The zero-order valence-electron chi connectivity index (χ0n) is 11.6. The molecule has 1 atom stereocenters. The van der Waals surface area contributed by atoms with Crippen molar-refractivity contribution in [1.82, 2.24) is 4.90 Å². The van der Waals surface area contributed by atoms with Crippen molar-refractivity contribution in [3.63, 3.8) is 0 Å². The maximum atomic E-state index is 14.2. The smallest absolute Gasteiger partial charge is 0.147 e. The highest BCUT2D eigenvalue weighted by molar-refractivity contribution is 5.95. The van der Waals surface area contributed by atoms with Gasteiger partial charge in [0.1, 0.15) is 11.7 Å². The van der Waals surface area contributed by atoms with E-state index in [0.29, 0.717) is 17.3 Å². The predicted octanol–water partition coefficient (Wildman–Crippen LogP) is 1.78. The van der Waals surface area contributed by atoms with Crippen LogP contribution < -0.4 is 10.6 Å². The van der Waals surface area contributed by atoms with Crippen LogP contribution in [-0.4, -0.2) is 43.0 Å². The van der Waals surface area contributed by atoms with Crippen LogP contribution in [0.5, 0.6) is 0 Å². The molecule has 3 rings (SSSR count). The summed E-state index contributed by atoms with van der Waals surface area (Å²) in [5.74, 6) is -0.369. The highest BCUT2D eigenvalue weighted by Crippen LogP contribution is 2.27. The fourth-order valence-electron chi connectivity index (χ4n) is 3.30. The van der Waals surface area contributed by atoms with Gasteiger partial charge in [0, 0.05) is 24.7 Å². The molecule has 0 aromatic heterocycles. The van der Waals surface area contributed by atoms with Gasteiger partial charge in [0.25, 0.3) is 0 Å². The second-order valence-corrected chi connectivity index (χ2v) is 5.71. The lowest BCUT2D eigenvalue weighted by atomic mass is 10.1. The monoisotopic (exact) mass is 276 g/mol. The third-order valence-electron chi connectivity index (χ3n) is 4.42. The Morgan fingerprint density at radius 3 is 2.65 bits per heavy atom. The normalized spacial score (nSPS) is 23.4. The van der Waals surface area contributed by atoms with Crippen LogP contribution in [0.3, 0.4) is 0 Å². The fourth-order valence-corrected chi connectivity index (χ4v) is 3.30. The molecule has 0 radical (unpaired) electrons. The molecule has 2 aliphatic heterocycles. The number of nitrogens with one attached hydrogen (secondary N) is 1. The van der Waals surface area contributed by atoms with Gasteiger partial charge in [-0.25, -0.2) is 4.39 Å². The maximum Gasteiger partial charge on any atom is 0.147 e. The lowest BCUT2D eigenvalue weighted by molar-refractivity contribution is 0.260. The maximum absolute atomic E-state index is 14.2. The van der Waals surface area contributed by atoms with E-state index in [1.807, 2.05) is 0 Å². The van der Waals surface area contributed by atoms with Crippen LogP contribution in [0, 0.1) is 11.2 Å². The number of nitrogen functional groups attached to an aromatic ring is 1. The number of nitrogens with two attached hydrogens (primary N) is 1. The summed E-state index contributed by atoms with van der Waals surface area (Å²) in [4.78, 5) is 4.64. The number of hydrogen-bond donors (Lipinski definition) is 2. The molecule has 2 heterocycles. The van der Waals surface area contributed by atoms with Gasteiger partial charge in [0.15, 0.2) is 0 Å². The average Bonchev–Trinajstić information content (AvgIpc) is 3.09. The third kappa shape index (κ3) is 2.50. The molecule has 3 N–H and O–H groups in total. The first-order valence-electron chi connectivity index (χ1n) is 7.28. The summed E-state index contributed by atoms with van der Waals surface area (Å²) in [7, 11) is 0. The molecule has 4 nitrogen and oxygen atoms in total. The summed E-state index contributed by atoms with van der Waals surface area (Å²) < 4.78 is 14.2. The van der Waals surface area contributed by atoms with Gasteiger partial charge in [0.05, 0.1) is 5.69 Å². The van der Waals surface area contributed by atoms with Crippen LogP contribution in [0.1, 0.15) is 24.8 Å². The number of benzene rings is 1. The van der Waals surface area contributed by atoms with E-state index < -0.39 is 0 Å². The first-order chi connectivity index (χ1) is 9.65. The van der Waals surface area contributed by atoms with E-state index in [1.54, 1.807) is 12.1 Å². The van der Waals surface area contributed by atoms with Crippen LogP contribution >= 0.6 is 0 Å². The molecule has 1 aromatic rings. The molecular weight excluding hydrogens is 255 g/mol. The molecular formula is C15H21FN4. The third-order valence-corrected chi connectivity index (χ3v) is 4.42. The van der Waals surface area contributed by atoms with Crippen molar-refractivity contribution in [3.05, 3.63) is 29.6 Å². The van der Waals surface area contributed by atoms with E-state index in [2.05, 4.69) is 9.80 Å². The summed E-state index contributed by atoms with van der Waals surface area (Å²) in [5.41, 5.74) is 6.47. The van der Waals surface area contributed by atoms with Crippen molar-refractivity contribution >= 4 is 11.5 Å². The summed E-state index contributed by atoms with van der Waals surface area (Å²) in [5, 5.41) is 7.35. The summed E-state index contributed by atoms with van der Waals surface area (Å²) in [6, 6.07) is 5.40. The lowest BCUT2D eigenvalue weighted by Crippen LogP contribution is -2.35. The number of likely N-dealkylation sites (tertiary alicyclic amines) is 1. The molecule has 20 heavy (non-hydrogen) atoms. The minimum Gasteiger partial charge on any atom is -0.384 e. The molecule has 0 bridgehead atoms. The van der Waals surface area contributed by atoms with Crippen molar-refractivity contribution in [2.75, 3.05) is 31.1 Å². The topological polar surface area (TPSA) is 56.4 Å². The van der Waals surface area contributed by atoms with E-state index >= 15 is 0 Å². The SMILES string of the molecule is N=C(N)c1ccc(N2CCC(N3CCCC3)C2)c(F)c1.